The molecule has 0 spiro atoms. The number of carbonyl (C=O) groups is 1. The first-order valence-electron chi connectivity index (χ1n) is 8.94. The van der Waals surface area contributed by atoms with Gasteiger partial charge in [0.1, 0.15) is 12.0 Å². The van der Waals surface area contributed by atoms with E-state index in [1.54, 1.807) is 12.3 Å². The average molecular weight is 341 g/mol. The fourth-order valence-electron chi connectivity index (χ4n) is 3.43. The second-order valence-electron chi connectivity index (χ2n) is 6.83. The molecule has 1 unspecified atom stereocenters. The Morgan fingerprint density at radius 2 is 2.24 bits per heavy atom. The highest BCUT2D eigenvalue weighted by Crippen LogP contribution is 2.32. The fraction of sp³-hybridized carbons (Fsp3) is 0.556. The molecule has 0 N–H and O–H groups in total. The second-order valence-corrected chi connectivity index (χ2v) is 6.83. The molecule has 4 rings (SSSR count). The van der Waals surface area contributed by atoms with Crippen molar-refractivity contribution >= 4 is 5.91 Å². The Bertz CT molecular complexity index is 741. The summed E-state index contributed by atoms with van der Waals surface area (Å²) >= 11 is 0. The highest BCUT2D eigenvalue weighted by atomic mass is 16.5. The van der Waals surface area contributed by atoms with E-state index in [1.165, 1.54) is 24.9 Å². The lowest BCUT2D eigenvalue weighted by molar-refractivity contribution is 0.0615. The van der Waals surface area contributed by atoms with Crippen molar-refractivity contribution in [2.24, 2.45) is 5.92 Å². The summed E-state index contributed by atoms with van der Waals surface area (Å²) in [5.41, 5.74) is 2.75. The van der Waals surface area contributed by atoms with Gasteiger partial charge in [-0.1, -0.05) is 0 Å². The van der Waals surface area contributed by atoms with E-state index in [1.807, 2.05) is 15.8 Å². The molecule has 1 amide bonds. The van der Waals surface area contributed by atoms with Crippen molar-refractivity contribution in [3.63, 3.8) is 0 Å². The average Bonchev–Trinajstić information content (AvgIpc) is 3.38. The first-order valence-corrected chi connectivity index (χ1v) is 8.94. The summed E-state index contributed by atoms with van der Waals surface area (Å²) < 4.78 is 7.99. The van der Waals surface area contributed by atoms with Crippen LogP contribution in [0, 0.1) is 5.92 Å². The smallest absolute Gasteiger partial charge is 0.272 e. The van der Waals surface area contributed by atoms with Crippen LogP contribution < -0.4 is 0 Å². The normalized spacial score (nSPS) is 19.7. The molecule has 2 aliphatic rings. The second kappa shape index (κ2) is 6.92. The molecule has 7 nitrogen and oxygen atoms in total. The van der Waals surface area contributed by atoms with Gasteiger partial charge in [-0.25, -0.2) is 9.97 Å². The molecule has 0 radical (unpaired) electrons. The number of fused-ring (bicyclic) bond motifs is 1. The Kier molecular flexibility index (Phi) is 4.48. The van der Waals surface area contributed by atoms with Gasteiger partial charge in [0.15, 0.2) is 0 Å². The standard InChI is InChI=1S/C18H23N5O2/c1-2-23-17-14(7-21-23)8-22(18(24)16-5-6-19-12-20-16)9-15(17)11-25-10-13-3-4-13/h5-7,12-13,15H,2-4,8-11H2,1H3. The van der Waals surface area contributed by atoms with Crippen LogP contribution in [0.4, 0.5) is 0 Å². The lowest BCUT2D eigenvalue weighted by Gasteiger charge is -2.33. The summed E-state index contributed by atoms with van der Waals surface area (Å²) in [6, 6.07) is 1.66. The maximum Gasteiger partial charge on any atom is 0.272 e. The molecule has 3 heterocycles. The number of aromatic nitrogens is 4. The third-order valence-electron chi connectivity index (χ3n) is 4.91. The summed E-state index contributed by atoms with van der Waals surface area (Å²) in [4.78, 5) is 22.6. The molecule has 1 aliphatic carbocycles. The Labute approximate surface area is 147 Å². The van der Waals surface area contributed by atoms with Gasteiger partial charge in [0.2, 0.25) is 0 Å². The highest BCUT2D eigenvalue weighted by molar-refractivity contribution is 5.92. The van der Waals surface area contributed by atoms with Crippen LogP contribution in [-0.2, 0) is 17.8 Å². The number of hydrogen-bond donors (Lipinski definition) is 0. The minimum absolute atomic E-state index is 0.0653. The molecule has 1 saturated carbocycles. The van der Waals surface area contributed by atoms with Crippen molar-refractivity contribution in [1.82, 2.24) is 24.6 Å². The molecule has 7 heteroatoms. The van der Waals surface area contributed by atoms with E-state index in [2.05, 4.69) is 22.0 Å². The fourth-order valence-corrected chi connectivity index (χ4v) is 3.43. The Hall–Kier alpha value is -2.28. The molecule has 2 aromatic heterocycles. The molecule has 1 aliphatic heterocycles. The third-order valence-corrected chi connectivity index (χ3v) is 4.91. The van der Waals surface area contributed by atoms with E-state index < -0.39 is 0 Å². The summed E-state index contributed by atoms with van der Waals surface area (Å²) in [6.45, 7) is 5.57. The van der Waals surface area contributed by atoms with Crippen molar-refractivity contribution in [2.75, 3.05) is 19.8 Å². The topological polar surface area (TPSA) is 73.1 Å². The van der Waals surface area contributed by atoms with Gasteiger partial charge in [-0.3, -0.25) is 9.48 Å². The van der Waals surface area contributed by atoms with Crippen LogP contribution >= 0.6 is 0 Å². The van der Waals surface area contributed by atoms with Crippen LogP contribution in [-0.4, -0.2) is 50.3 Å². The number of hydrogen-bond acceptors (Lipinski definition) is 5. The van der Waals surface area contributed by atoms with Crippen LogP contribution in [0.15, 0.2) is 24.8 Å². The molecule has 0 saturated heterocycles. The molecular formula is C18H23N5O2. The van der Waals surface area contributed by atoms with Gasteiger partial charge < -0.3 is 9.64 Å². The molecule has 1 fully saturated rings. The van der Waals surface area contributed by atoms with Crippen LogP contribution in [0.25, 0.3) is 0 Å². The van der Waals surface area contributed by atoms with Crippen LogP contribution in [0.2, 0.25) is 0 Å². The van der Waals surface area contributed by atoms with Gasteiger partial charge in [-0.2, -0.15) is 5.10 Å². The highest BCUT2D eigenvalue weighted by Gasteiger charge is 2.33. The lowest BCUT2D eigenvalue weighted by Crippen LogP contribution is -2.40. The van der Waals surface area contributed by atoms with Crippen LogP contribution in [0.3, 0.4) is 0 Å². The van der Waals surface area contributed by atoms with Crippen LogP contribution in [0.1, 0.15) is 47.4 Å². The maximum absolute atomic E-state index is 12.8. The van der Waals surface area contributed by atoms with E-state index in [9.17, 15) is 4.79 Å². The van der Waals surface area contributed by atoms with Gasteiger partial charge in [-0.15, -0.1) is 0 Å². The molecule has 132 valence electrons. The minimum atomic E-state index is -0.0653. The molecule has 25 heavy (non-hydrogen) atoms. The predicted molar refractivity (Wildman–Crippen MR) is 91.0 cm³/mol. The van der Waals surface area contributed by atoms with E-state index in [0.717, 1.165) is 24.6 Å². The predicted octanol–water partition coefficient (Wildman–Crippen LogP) is 1.86. The minimum Gasteiger partial charge on any atom is -0.380 e. The first kappa shape index (κ1) is 16.2. The van der Waals surface area contributed by atoms with Gasteiger partial charge in [0.05, 0.1) is 18.5 Å². The zero-order valence-corrected chi connectivity index (χ0v) is 14.5. The first-order chi connectivity index (χ1) is 12.3. The number of nitrogens with zero attached hydrogens (tertiary/aromatic N) is 5. The van der Waals surface area contributed by atoms with Gasteiger partial charge in [0, 0.05) is 43.9 Å². The lowest BCUT2D eigenvalue weighted by atomic mass is 9.96. The Balaban J connectivity index is 1.54. The number of carbonyl (C=O) groups excluding carboxylic acids is 1. The quantitative estimate of drug-likeness (QED) is 0.802. The number of rotatable bonds is 6. The van der Waals surface area contributed by atoms with Crippen LogP contribution in [0.5, 0.6) is 0 Å². The molecule has 1 atom stereocenters. The molecule has 0 aromatic carbocycles. The van der Waals surface area contributed by atoms with Crippen molar-refractivity contribution in [3.8, 4) is 0 Å². The summed E-state index contributed by atoms with van der Waals surface area (Å²) in [5.74, 6) is 0.818. The summed E-state index contributed by atoms with van der Waals surface area (Å²) in [6.07, 6.45) is 7.45. The molecule has 2 aromatic rings. The van der Waals surface area contributed by atoms with Crippen molar-refractivity contribution in [2.45, 2.75) is 38.8 Å². The SMILES string of the molecule is CCn1ncc2c1C(COCC1CC1)CN(C(=O)c1ccncn1)C2. The number of aryl methyl sites for hydroxylation is 1. The van der Waals surface area contributed by atoms with Gasteiger partial charge in [-0.05, 0) is 31.7 Å². The molecular weight excluding hydrogens is 318 g/mol. The zero-order valence-electron chi connectivity index (χ0n) is 14.5. The number of ether oxygens (including phenoxy) is 1. The summed E-state index contributed by atoms with van der Waals surface area (Å²) in [7, 11) is 0. The maximum atomic E-state index is 12.8. The third kappa shape index (κ3) is 3.42. The van der Waals surface area contributed by atoms with Crippen molar-refractivity contribution in [3.05, 3.63) is 41.7 Å². The Morgan fingerprint density at radius 1 is 1.36 bits per heavy atom. The van der Waals surface area contributed by atoms with Crippen molar-refractivity contribution in [1.29, 1.82) is 0 Å². The largest absolute Gasteiger partial charge is 0.380 e. The zero-order chi connectivity index (χ0) is 17.2. The van der Waals surface area contributed by atoms with E-state index in [0.29, 0.717) is 25.4 Å². The summed E-state index contributed by atoms with van der Waals surface area (Å²) in [5, 5.41) is 4.49. The number of amides is 1. The van der Waals surface area contributed by atoms with E-state index >= 15 is 0 Å². The van der Waals surface area contributed by atoms with Gasteiger partial charge in [0.25, 0.3) is 5.91 Å². The van der Waals surface area contributed by atoms with Gasteiger partial charge >= 0.3 is 0 Å². The van der Waals surface area contributed by atoms with Crippen molar-refractivity contribution < 1.29 is 9.53 Å². The van der Waals surface area contributed by atoms with E-state index in [-0.39, 0.29) is 11.8 Å². The molecule has 0 bridgehead atoms. The van der Waals surface area contributed by atoms with E-state index in [4.69, 9.17) is 4.74 Å². The Morgan fingerprint density at radius 3 is 2.96 bits per heavy atom. The monoisotopic (exact) mass is 341 g/mol.